The van der Waals surface area contributed by atoms with Crippen molar-refractivity contribution in [2.24, 2.45) is 0 Å². The van der Waals surface area contributed by atoms with Crippen LogP contribution >= 0.6 is 0 Å². The van der Waals surface area contributed by atoms with Crippen molar-refractivity contribution in [3.05, 3.63) is 35.9 Å². The van der Waals surface area contributed by atoms with Crippen LogP contribution in [0.2, 0.25) is 0 Å². The second kappa shape index (κ2) is 4.80. The number of nitrogens with zero attached hydrogens (tertiary/aromatic N) is 1. The molecule has 2 rings (SSSR count). The van der Waals surface area contributed by atoms with Crippen LogP contribution < -0.4 is 0 Å². The third-order valence-electron chi connectivity index (χ3n) is 3.70. The molecule has 3 heteroatoms. The topological polar surface area (TPSA) is 40.2 Å². The Labute approximate surface area is 114 Å². The number of hydroxylamine groups is 2. The van der Waals surface area contributed by atoms with Crippen molar-refractivity contribution in [3.8, 4) is 11.8 Å². The zero-order valence-corrected chi connectivity index (χ0v) is 11.6. The largest absolute Gasteiger partial charge is 0.279 e. The van der Waals surface area contributed by atoms with Gasteiger partial charge in [-0.25, -0.2) is 0 Å². The molecule has 1 unspecified atom stereocenters. The van der Waals surface area contributed by atoms with Gasteiger partial charge >= 0.3 is 0 Å². The molecular weight excluding hydrogens is 238 g/mol. The first-order chi connectivity index (χ1) is 8.85. The first-order valence-electron chi connectivity index (χ1n) is 6.45. The monoisotopic (exact) mass is 256 g/mol. The number of rotatable bonds is 1. The van der Waals surface area contributed by atoms with Crippen LogP contribution in [0.1, 0.15) is 44.0 Å². The maximum Gasteiger partial charge on any atom is 0.235 e. The van der Waals surface area contributed by atoms with E-state index in [4.69, 9.17) is 0 Å². The van der Waals surface area contributed by atoms with Gasteiger partial charge in [0.1, 0.15) is 5.54 Å². The maximum atomic E-state index is 12.2. The Balaban J connectivity index is 2.19. The fourth-order valence-corrected chi connectivity index (χ4v) is 2.39. The van der Waals surface area contributed by atoms with Crippen molar-refractivity contribution in [1.82, 2.24) is 5.06 Å². The molecule has 1 fully saturated rings. The van der Waals surface area contributed by atoms with Crippen LogP contribution in [0.3, 0.4) is 0 Å². The van der Waals surface area contributed by atoms with Gasteiger partial charge in [0.2, 0.25) is 5.78 Å². The van der Waals surface area contributed by atoms with Crippen molar-refractivity contribution in [2.45, 2.75) is 44.7 Å². The molecule has 0 spiro atoms. The number of carbonyl (C=O) groups excluding carboxylic acids is 1. The molecule has 0 aromatic heterocycles. The Morgan fingerprint density at radius 2 is 1.79 bits per heavy atom. The van der Waals surface area contributed by atoms with E-state index in [1.165, 1.54) is 0 Å². The Bertz CT molecular complexity index is 539. The van der Waals surface area contributed by atoms with E-state index < -0.39 is 11.1 Å². The van der Waals surface area contributed by atoms with Gasteiger partial charge in [-0.15, -0.1) is 10.3 Å². The number of hydrogen-bond acceptors (Lipinski definition) is 2. The zero-order valence-electron chi connectivity index (χ0n) is 11.6. The number of Topliss-reactive ketones (excluding diaryl/α,β-unsaturated/α-hetero) is 1. The summed E-state index contributed by atoms with van der Waals surface area (Å²) in [5.74, 6) is 5.26. The van der Waals surface area contributed by atoms with Gasteiger partial charge in [0.15, 0.2) is 0 Å². The summed E-state index contributed by atoms with van der Waals surface area (Å²) in [5, 5.41) is 13.2. The van der Waals surface area contributed by atoms with E-state index in [-0.39, 0.29) is 5.78 Å². The molecule has 1 heterocycles. The van der Waals surface area contributed by atoms with Crippen LogP contribution in [-0.4, -0.2) is 21.9 Å². The van der Waals surface area contributed by atoms with E-state index in [0.29, 0.717) is 12.0 Å². The molecule has 1 saturated heterocycles. The van der Waals surface area contributed by atoms with Crippen LogP contribution in [0, 0.1) is 11.8 Å². The average molecular weight is 256 g/mol. The van der Waals surface area contributed by atoms with Crippen molar-refractivity contribution in [1.29, 1.82) is 0 Å². The first-order valence-corrected chi connectivity index (χ1v) is 6.45. The molecular formula is C16H18NO2. The van der Waals surface area contributed by atoms with E-state index in [1.54, 1.807) is 31.2 Å². The van der Waals surface area contributed by atoms with Crippen LogP contribution in [0.4, 0.5) is 0 Å². The van der Waals surface area contributed by atoms with Gasteiger partial charge in [-0.2, -0.15) is 0 Å². The summed E-state index contributed by atoms with van der Waals surface area (Å²) >= 11 is 0. The van der Waals surface area contributed by atoms with Crippen molar-refractivity contribution in [2.75, 3.05) is 0 Å². The minimum atomic E-state index is -0.756. The summed E-state index contributed by atoms with van der Waals surface area (Å²) in [6.07, 6.45) is 1.49. The van der Waals surface area contributed by atoms with E-state index in [2.05, 4.69) is 11.8 Å². The second-order valence-electron chi connectivity index (χ2n) is 5.83. The van der Waals surface area contributed by atoms with E-state index >= 15 is 0 Å². The lowest BCUT2D eigenvalue weighted by atomic mass is 9.99. The molecule has 1 atom stereocenters. The van der Waals surface area contributed by atoms with Gasteiger partial charge < -0.3 is 0 Å². The Kier molecular flexibility index (Phi) is 3.49. The lowest BCUT2D eigenvalue weighted by Gasteiger charge is -2.30. The molecule has 1 aromatic carbocycles. The summed E-state index contributed by atoms with van der Waals surface area (Å²) in [5.41, 5.74) is -0.596. The molecule has 99 valence electrons. The highest BCUT2D eigenvalue weighted by Gasteiger charge is 2.47. The summed E-state index contributed by atoms with van der Waals surface area (Å²) < 4.78 is 0. The van der Waals surface area contributed by atoms with Crippen LogP contribution in [-0.2, 0) is 5.21 Å². The van der Waals surface area contributed by atoms with Gasteiger partial charge in [0.25, 0.3) is 0 Å². The summed E-state index contributed by atoms with van der Waals surface area (Å²) in [6, 6.07) is 8.91. The molecule has 1 aliphatic rings. The lowest BCUT2D eigenvalue weighted by molar-refractivity contribution is -0.234. The fraction of sp³-hybridized carbons (Fsp3) is 0.438. The van der Waals surface area contributed by atoms with Gasteiger partial charge in [0, 0.05) is 11.1 Å². The summed E-state index contributed by atoms with van der Waals surface area (Å²) in [7, 11) is 0. The SMILES string of the molecule is CC1(C)CCC(C)(C#CC(=O)c2ccccc2)N1[O]. The van der Waals surface area contributed by atoms with E-state index in [0.717, 1.165) is 11.5 Å². The normalized spacial score (nSPS) is 25.7. The molecule has 0 amide bonds. The molecule has 19 heavy (non-hydrogen) atoms. The highest BCUT2D eigenvalue weighted by atomic mass is 16.5. The Morgan fingerprint density at radius 1 is 1.16 bits per heavy atom. The van der Waals surface area contributed by atoms with E-state index in [9.17, 15) is 10.0 Å². The molecule has 0 bridgehead atoms. The van der Waals surface area contributed by atoms with Crippen LogP contribution in [0.5, 0.6) is 0 Å². The Morgan fingerprint density at radius 3 is 2.32 bits per heavy atom. The predicted molar refractivity (Wildman–Crippen MR) is 72.8 cm³/mol. The van der Waals surface area contributed by atoms with Crippen LogP contribution in [0.25, 0.3) is 0 Å². The van der Waals surface area contributed by atoms with Gasteiger partial charge in [0.05, 0.1) is 0 Å². The van der Waals surface area contributed by atoms with Gasteiger partial charge in [-0.05, 0) is 39.5 Å². The highest BCUT2D eigenvalue weighted by molar-refractivity contribution is 6.09. The molecule has 3 nitrogen and oxygen atoms in total. The molecule has 0 aliphatic carbocycles. The Hall–Kier alpha value is -1.63. The summed E-state index contributed by atoms with van der Waals surface area (Å²) in [6.45, 7) is 5.62. The number of carbonyl (C=O) groups is 1. The molecule has 0 N–H and O–H groups in total. The first kappa shape index (κ1) is 13.8. The molecule has 1 radical (unpaired) electrons. The quantitative estimate of drug-likeness (QED) is 0.440. The van der Waals surface area contributed by atoms with Gasteiger partial charge in [-0.1, -0.05) is 36.3 Å². The second-order valence-corrected chi connectivity index (χ2v) is 5.83. The van der Waals surface area contributed by atoms with Crippen molar-refractivity contribution in [3.63, 3.8) is 0 Å². The number of benzene rings is 1. The minimum Gasteiger partial charge on any atom is -0.279 e. The molecule has 0 saturated carbocycles. The summed E-state index contributed by atoms with van der Waals surface area (Å²) in [4.78, 5) is 11.9. The van der Waals surface area contributed by atoms with Crippen LogP contribution in [0.15, 0.2) is 30.3 Å². The van der Waals surface area contributed by atoms with Gasteiger partial charge in [-0.3, -0.25) is 4.79 Å². The van der Waals surface area contributed by atoms with E-state index in [1.807, 2.05) is 19.9 Å². The fourth-order valence-electron chi connectivity index (χ4n) is 2.39. The third kappa shape index (κ3) is 2.70. The maximum absolute atomic E-state index is 12.2. The molecule has 1 aliphatic heterocycles. The third-order valence-corrected chi connectivity index (χ3v) is 3.70. The predicted octanol–water partition coefficient (Wildman–Crippen LogP) is 2.85. The number of ketones is 1. The minimum absolute atomic E-state index is 0.236. The highest BCUT2D eigenvalue weighted by Crippen LogP contribution is 2.38. The van der Waals surface area contributed by atoms with Crippen molar-refractivity contribution >= 4 is 5.78 Å². The number of hydrogen-bond donors (Lipinski definition) is 0. The zero-order chi connectivity index (χ0) is 14.1. The lowest BCUT2D eigenvalue weighted by Crippen LogP contribution is -2.45. The smallest absolute Gasteiger partial charge is 0.235 e. The van der Waals surface area contributed by atoms with Crippen molar-refractivity contribution < 1.29 is 10.0 Å². The average Bonchev–Trinajstić information content (AvgIpc) is 2.62. The standard InChI is InChI=1S/C16H18NO2/c1-15(2)11-12-16(3,17(15)19)10-9-14(18)13-7-5-4-6-8-13/h4-8H,11-12H2,1-3H3. The molecule has 1 aromatic rings.